The Morgan fingerprint density at radius 1 is 1.30 bits per heavy atom. The van der Waals surface area contributed by atoms with Gasteiger partial charge in [-0.2, -0.15) is 4.31 Å². The molecule has 2 atom stereocenters. The number of benzene rings is 1. The predicted octanol–water partition coefficient (Wildman–Crippen LogP) is 2.47. The quantitative estimate of drug-likeness (QED) is 0.830. The topological polar surface area (TPSA) is 57.7 Å². The Labute approximate surface area is 143 Å². The zero-order valence-corrected chi connectivity index (χ0v) is 15.3. The van der Waals surface area contributed by atoms with Crippen LogP contribution in [-0.4, -0.2) is 50.2 Å². The molecule has 1 aromatic rings. The Kier molecular flexibility index (Phi) is 5.70. The van der Waals surface area contributed by atoms with Crippen molar-refractivity contribution in [1.29, 1.82) is 0 Å². The van der Waals surface area contributed by atoms with E-state index in [1.54, 1.807) is 17.0 Å². The lowest BCUT2D eigenvalue weighted by atomic mass is 9.92. The first-order valence-electron chi connectivity index (χ1n) is 7.70. The van der Waals surface area contributed by atoms with Gasteiger partial charge in [-0.15, -0.1) is 0 Å². The van der Waals surface area contributed by atoms with Gasteiger partial charge in [0.05, 0.1) is 11.4 Å². The summed E-state index contributed by atoms with van der Waals surface area (Å²) in [5, 5.41) is 0.351. The molecule has 0 N–H and O–H groups in total. The predicted molar refractivity (Wildman–Crippen MR) is 90.8 cm³/mol. The molecule has 7 heteroatoms. The molecule has 0 radical (unpaired) electrons. The highest BCUT2D eigenvalue weighted by molar-refractivity contribution is 7.89. The molecule has 1 aliphatic rings. The number of rotatable bonds is 4. The molecule has 128 valence electrons. The van der Waals surface area contributed by atoms with E-state index in [0.717, 1.165) is 10.7 Å². The van der Waals surface area contributed by atoms with Gasteiger partial charge in [0.25, 0.3) is 0 Å². The van der Waals surface area contributed by atoms with Crippen LogP contribution in [0.25, 0.3) is 0 Å². The van der Waals surface area contributed by atoms with Gasteiger partial charge in [0.15, 0.2) is 0 Å². The van der Waals surface area contributed by atoms with Gasteiger partial charge in [0, 0.05) is 25.2 Å². The first kappa shape index (κ1) is 18.2. The van der Waals surface area contributed by atoms with Gasteiger partial charge < -0.3 is 4.90 Å². The summed E-state index contributed by atoms with van der Waals surface area (Å²) >= 11 is 5.86. The number of hydrogen-bond donors (Lipinski definition) is 0. The fraction of sp³-hybridized carbons (Fsp3) is 0.562. The van der Waals surface area contributed by atoms with E-state index in [0.29, 0.717) is 29.9 Å². The summed E-state index contributed by atoms with van der Waals surface area (Å²) in [5.41, 5.74) is 0. The van der Waals surface area contributed by atoms with Crippen LogP contribution in [0.3, 0.4) is 0 Å². The number of carbonyl (C=O) groups excluding carboxylic acids is 1. The molecule has 23 heavy (non-hydrogen) atoms. The van der Waals surface area contributed by atoms with Crippen LogP contribution in [0.15, 0.2) is 29.2 Å². The first-order valence-corrected chi connectivity index (χ1v) is 9.51. The third kappa shape index (κ3) is 4.46. The minimum atomic E-state index is -3.72. The second kappa shape index (κ2) is 7.20. The number of nitrogens with zero attached hydrogens (tertiary/aromatic N) is 2. The van der Waals surface area contributed by atoms with Crippen molar-refractivity contribution in [3.63, 3.8) is 0 Å². The Bertz CT molecular complexity index is 668. The van der Waals surface area contributed by atoms with Crippen molar-refractivity contribution in [1.82, 2.24) is 9.21 Å². The van der Waals surface area contributed by atoms with Gasteiger partial charge in [-0.05, 0) is 36.5 Å². The molecular formula is C16H23ClN2O3S. The fourth-order valence-electron chi connectivity index (χ4n) is 3.05. The van der Waals surface area contributed by atoms with Crippen LogP contribution in [0.1, 0.15) is 20.3 Å². The highest BCUT2D eigenvalue weighted by Gasteiger charge is 2.29. The molecule has 1 amide bonds. The number of halogens is 1. The standard InChI is InChI=1S/C16H23ClN2O3S/c1-12-7-13(2)10-19(9-12)16(20)11-18(3)23(21,22)15-6-4-5-14(17)8-15/h4-6,8,12-13H,7,9-11H2,1-3H3/t12-,13-/m1/s1. The molecule has 0 aliphatic carbocycles. The van der Waals surface area contributed by atoms with E-state index in [9.17, 15) is 13.2 Å². The average molecular weight is 359 g/mol. The highest BCUT2D eigenvalue weighted by atomic mass is 35.5. The number of piperidine rings is 1. The molecule has 1 fully saturated rings. The maximum absolute atomic E-state index is 12.5. The zero-order chi connectivity index (χ0) is 17.2. The normalized spacial score (nSPS) is 22.4. The minimum Gasteiger partial charge on any atom is -0.341 e. The van der Waals surface area contributed by atoms with Crippen LogP contribution >= 0.6 is 11.6 Å². The van der Waals surface area contributed by atoms with E-state index in [2.05, 4.69) is 13.8 Å². The van der Waals surface area contributed by atoms with Gasteiger partial charge in [0.2, 0.25) is 15.9 Å². The third-order valence-electron chi connectivity index (χ3n) is 4.08. The lowest BCUT2D eigenvalue weighted by molar-refractivity contribution is -0.133. The van der Waals surface area contributed by atoms with Crippen LogP contribution in [0, 0.1) is 11.8 Å². The Balaban J connectivity index is 2.08. The van der Waals surface area contributed by atoms with Crippen molar-refractivity contribution in [3.8, 4) is 0 Å². The SMILES string of the molecule is C[C@@H]1C[C@@H](C)CN(C(=O)CN(C)S(=O)(=O)c2cccc(Cl)c2)C1. The van der Waals surface area contributed by atoms with Gasteiger partial charge >= 0.3 is 0 Å². The van der Waals surface area contributed by atoms with Crippen LogP contribution in [0.5, 0.6) is 0 Å². The molecular weight excluding hydrogens is 336 g/mol. The fourth-order valence-corrected chi connectivity index (χ4v) is 4.47. The van der Waals surface area contributed by atoms with E-state index in [4.69, 9.17) is 11.6 Å². The van der Waals surface area contributed by atoms with Crippen molar-refractivity contribution in [2.24, 2.45) is 11.8 Å². The number of likely N-dealkylation sites (tertiary alicyclic amines) is 1. The van der Waals surface area contributed by atoms with Crippen molar-refractivity contribution in [3.05, 3.63) is 29.3 Å². The van der Waals surface area contributed by atoms with Crippen LogP contribution < -0.4 is 0 Å². The summed E-state index contributed by atoms with van der Waals surface area (Å²) in [6.07, 6.45) is 1.10. The van der Waals surface area contributed by atoms with Gasteiger partial charge in [-0.1, -0.05) is 31.5 Å². The average Bonchev–Trinajstić information content (AvgIpc) is 2.46. The van der Waals surface area contributed by atoms with Gasteiger partial charge in [0.1, 0.15) is 0 Å². The lowest BCUT2D eigenvalue weighted by Crippen LogP contribution is -2.47. The number of hydrogen-bond acceptors (Lipinski definition) is 3. The molecule has 0 unspecified atom stereocenters. The molecule has 0 aromatic heterocycles. The monoisotopic (exact) mass is 358 g/mol. The second-order valence-electron chi connectivity index (χ2n) is 6.46. The van der Waals surface area contributed by atoms with Crippen molar-refractivity contribution in [2.45, 2.75) is 25.2 Å². The number of likely N-dealkylation sites (N-methyl/N-ethyl adjacent to an activating group) is 1. The van der Waals surface area contributed by atoms with E-state index < -0.39 is 10.0 Å². The summed E-state index contributed by atoms with van der Waals surface area (Å²) in [6.45, 7) is 5.45. The zero-order valence-electron chi connectivity index (χ0n) is 13.7. The first-order chi connectivity index (χ1) is 10.7. The van der Waals surface area contributed by atoms with Crippen molar-refractivity contribution >= 4 is 27.5 Å². The Hall–Kier alpha value is -1.11. The minimum absolute atomic E-state index is 0.0979. The summed E-state index contributed by atoms with van der Waals surface area (Å²) < 4.78 is 26.1. The smallest absolute Gasteiger partial charge is 0.243 e. The Morgan fingerprint density at radius 2 is 1.91 bits per heavy atom. The summed E-state index contributed by atoms with van der Waals surface area (Å²) in [4.78, 5) is 14.3. The maximum atomic E-state index is 12.5. The molecule has 1 aromatic carbocycles. The molecule has 5 nitrogen and oxygen atoms in total. The van der Waals surface area contributed by atoms with Gasteiger partial charge in [-0.3, -0.25) is 4.79 Å². The molecule has 1 heterocycles. The maximum Gasteiger partial charge on any atom is 0.243 e. The summed E-state index contributed by atoms with van der Waals surface area (Å²) in [5.74, 6) is 0.728. The van der Waals surface area contributed by atoms with Crippen LogP contribution in [0.2, 0.25) is 5.02 Å². The van der Waals surface area contributed by atoms with Gasteiger partial charge in [-0.25, -0.2) is 8.42 Å². The number of carbonyl (C=O) groups is 1. The van der Waals surface area contributed by atoms with Crippen molar-refractivity contribution < 1.29 is 13.2 Å². The molecule has 2 rings (SSSR count). The number of sulfonamides is 1. The van der Waals surface area contributed by atoms with Crippen LogP contribution in [-0.2, 0) is 14.8 Å². The lowest BCUT2D eigenvalue weighted by Gasteiger charge is -2.35. The second-order valence-corrected chi connectivity index (χ2v) is 8.94. The Morgan fingerprint density at radius 3 is 2.48 bits per heavy atom. The molecule has 1 saturated heterocycles. The molecule has 0 spiro atoms. The number of amides is 1. The highest BCUT2D eigenvalue weighted by Crippen LogP contribution is 2.22. The van der Waals surface area contributed by atoms with E-state index in [1.807, 2.05) is 0 Å². The summed E-state index contributed by atoms with van der Waals surface area (Å²) in [7, 11) is -2.30. The van der Waals surface area contributed by atoms with E-state index in [-0.39, 0.29) is 17.3 Å². The molecule has 1 aliphatic heterocycles. The van der Waals surface area contributed by atoms with Crippen molar-refractivity contribution in [2.75, 3.05) is 26.7 Å². The third-order valence-corrected chi connectivity index (χ3v) is 6.12. The largest absolute Gasteiger partial charge is 0.341 e. The van der Waals surface area contributed by atoms with E-state index >= 15 is 0 Å². The molecule has 0 saturated carbocycles. The van der Waals surface area contributed by atoms with E-state index in [1.165, 1.54) is 19.2 Å². The summed E-state index contributed by atoms with van der Waals surface area (Å²) in [6, 6.07) is 6.07. The molecule has 0 bridgehead atoms. The van der Waals surface area contributed by atoms with Crippen LogP contribution in [0.4, 0.5) is 0 Å².